The van der Waals surface area contributed by atoms with E-state index < -0.39 is 47.0 Å². The van der Waals surface area contributed by atoms with Gasteiger partial charge in [-0.05, 0) is 91.0 Å². The molecule has 9 nitrogen and oxygen atoms in total. The SMILES string of the molecule is COc1cccc(C(=O)O)c1NC(=O)C1C(c2cccc(Cl)c2F)C2(CNc3ccc(Cl)cc32)C(CC(C)(C)C)N1CC1CCC(C(=O)O)CC1. The second kappa shape index (κ2) is 14.3. The van der Waals surface area contributed by atoms with Crippen LogP contribution in [0.25, 0.3) is 0 Å². The number of nitrogens with one attached hydrogen (secondary N) is 2. The number of ether oxygens (including phenoxy) is 1. The van der Waals surface area contributed by atoms with E-state index >= 15 is 9.18 Å². The maximum atomic E-state index is 16.6. The van der Waals surface area contributed by atoms with Gasteiger partial charge in [-0.1, -0.05) is 62.2 Å². The second-order valence-corrected chi connectivity index (χ2v) is 16.2. The Morgan fingerprint density at radius 3 is 2.39 bits per heavy atom. The Morgan fingerprint density at radius 1 is 1.04 bits per heavy atom. The highest BCUT2D eigenvalue weighted by Gasteiger charge is 2.65. The monoisotopic (exact) mass is 739 g/mol. The number of carboxylic acids is 2. The summed E-state index contributed by atoms with van der Waals surface area (Å²) in [5, 5.41) is 26.8. The number of hydrogen-bond donors (Lipinski definition) is 4. The highest BCUT2D eigenvalue weighted by molar-refractivity contribution is 6.31. The number of methoxy groups -OCH3 is 1. The molecule has 4 atom stereocenters. The van der Waals surface area contributed by atoms with Gasteiger partial charge in [-0.3, -0.25) is 14.5 Å². The van der Waals surface area contributed by atoms with Crippen molar-refractivity contribution in [3.63, 3.8) is 0 Å². The molecule has 2 fully saturated rings. The van der Waals surface area contributed by atoms with Crippen LogP contribution in [0, 0.1) is 23.1 Å². The van der Waals surface area contributed by atoms with Gasteiger partial charge >= 0.3 is 11.9 Å². The first kappa shape index (κ1) is 36.9. The largest absolute Gasteiger partial charge is 0.495 e. The van der Waals surface area contributed by atoms with Crippen molar-refractivity contribution < 1.29 is 33.7 Å². The van der Waals surface area contributed by atoms with Gasteiger partial charge in [-0.2, -0.15) is 0 Å². The zero-order chi connectivity index (χ0) is 36.8. The van der Waals surface area contributed by atoms with Crippen LogP contribution in [-0.4, -0.2) is 65.2 Å². The third-order valence-corrected chi connectivity index (χ3v) is 11.6. The molecule has 12 heteroatoms. The van der Waals surface area contributed by atoms with E-state index in [1.807, 2.05) is 12.1 Å². The van der Waals surface area contributed by atoms with Crippen LogP contribution in [0.1, 0.15) is 80.3 Å². The summed E-state index contributed by atoms with van der Waals surface area (Å²) in [7, 11) is 1.40. The van der Waals surface area contributed by atoms with Crippen LogP contribution < -0.4 is 15.4 Å². The fourth-order valence-corrected chi connectivity index (χ4v) is 9.22. The third-order valence-electron chi connectivity index (χ3n) is 11.1. The summed E-state index contributed by atoms with van der Waals surface area (Å²) < 4.78 is 22.1. The standard InChI is InChI=1S/C39H44Cl2FN3O6/c1-38(2,3)18-30-39(20-43-28-16-15-23(40)17-26(28)39)31(24-7-5-9-27(41)32(24)42)34(45(30)19-21-11-13-22(14-12-21)36(47)48)35(46)44-33-25(37(49)50)8-6-10-29(33)51-4/h5-10,15-17,21-22,30-31,34,43H,11-14,18-20H2,1-4H3,(H,44,46)(H,47,48)(H,49,50). The van der Waals surface area contributed by atoms with E-state index in [2.05, 4.69) is 36.3 Å². The Labute approximate surface area is 307 Å². The summed E-state index contributed by atoms with van der Waals surface area (Å²) in [5.41, 5.74) is 0.692. The van der Waals surface area contributed by atoms with Crippen molar-refractivity contribution >= 4 is 52.4 Å². The van der Waals surface area contributed by atoms with E-state index in [4.69, 9.17) is 27.9 Å². The minimum Gasteiger partial charge on any atom is -0.495 e. The third kappa shape index (κ3) is 6.90. The molecule has 4 unspecified atom stereocenters. The zero-order valence-electron chi connectivity index (χ0n) is 29.1. The van der Waals surface area contributed by atoms with Gasteiger partial charge < -0.3 is 25.6 Å². The lowest BCUT2D eigenvalue weighted by Gasteiger charge is -2.42. The number of aliphatic carboxylic acids is 1. The molecular weight excluding hydrogens is 696 g/mol. The molecule has 3 aromatic carbocycles. The highest BCUT2D eigenvalue weighted by Crippen LogP contribution is 2.60. The maximum Gasteiger partial charge on any atom is 0.337 e. The number of halogens is 3. The van der Waals surface area contributed by atoms with Crippen molar-refractivity contribution in [1.82, 2.24) is 4.90 Å². The van der Waals surface area contributed by atoms with E-state index in [1.165, 1.54) is 25.3 Å². The first-order valence-corrected chi connectivity index (χ1v) is 18.1. The number of hydrogen-bond acceptors (Lipinski definition) is 6. The van der Waals surface area contributed by atoms with Crippen molar-refractivity contribution in [2.45, 2.75) is 76.3 Å². The Kier molecular flexibility index (Phi) is 10.3. The van der Waals surface area contributed by atoms with E-state index in [0.717, 1.165) is 11.3 Å². The Hall–Kier alpha value is -3.86. The molecule has 1 saturated heterocycles. The van der Waals surface area contributed by atoms with Crippen LogP contribution >= 0.6 is 23.2 Å². The molecule has 2 aliphatic heterocycles. The predicted octanol–water partition coefficient (Wildman–Crippen LogP) is 8.31. The summed E-state index contributed by atoms with van der Waals surface area (Å²) in [6, 6.07) is 13.6. The lowest BCUT2D eigenvalue weighted by atomic mass is 9.63. The fraction of sp³-hybridized carbons (Fsp3) is 0.462. The lowest BCUT2D eigenvalue weighted by molar-refractivity contribution is -0.143. The molecule has 2 heterocycles. The molecule has 272 valence electrons. The molecule has 1 spiro atoms. The lowest BCUT2D eigenvalue weighted by Crippen LogP contribution is -2.50. The average molecular weight is 741 g/mol. The van der Waals surface area contributed by atoms with E-state index in [-0.39, 0.29) is 45.0 Å². The molecule has 6 rings (SSSR count). The molecule has 0 radical (unpaired) electrons. The molecule has 1 aliphatic carbocycles. The number of likely N-dealkylation sites (tertiary alicyclic amines) is 1. The van der Waals surface area contributed by atoms with Gasteiger partial charge in [-0.25, -0.2) is 9.18 Å². The average Bonchev–Trinajstić information content (AvgIpc) is 3.57. The van der Waals surface area contributed by atoms with Crippen LogP contribution in [0.15, 0.2) is 54.6 Å². The smallest absolute Gasteiger partial charge is 0.337 e. The summed E-state index contributed by atoms with van der Waals surface area (Å²) in [6.07, 6.45) is 2.97. The van der Waals surface area contributed by atoms with Gasteiger partial charge in [0.25, 0.3) is 0 Å². The highest BCUT2D eigenvalue weighted by atomic mass is 35.5. The normalized spacial score (nSPS) is 26.1. The van der Waals surface area contributed by atoms with Gasteiger partial charge in [0.1, 0.15) is 11.6 Å². The van der Waals surface area contributed by atoms with Crippen LogP contribution in [0.4, 0.5) is 15.8 Å². The number of para-hydroxylation sites is 1. The molecule has 0 bridgehead atoms. The van der Waals surface area contributed by atoms with Gasteiger partial charge in [0.2, 0.25) is 5.91 Å². The number of carbonyl (C=O) groups excluding carboxylic acids is 1. The van der Waals surface area contributed by atoms with Gasteiger partial charge in [-0.15, -0.1) is 0 Å². The van der Waals surface area contributed by atoms with E-state index in [9.17, 15) is 19.8 Å². The van der Waals surface area contributed by atoms with Crippen molar-refractivity contribution in [3.05, 3.63) is 87.2 Å². The summed E-state index contributed by atoms with van der Waals surface area (Å²) >= 11 is 13.2. The second-order valence-electron chi connectivity index (χ2n) is 15.4. The number of anilines is 2. The van der Waals surface area contributed by atoms with Crippen molar-refractivity contribution in [3.8, 4) is 5.75 Å². The topological polar surface area (TPSA) is 128 Å². The number of carboxylic acid groups (broad SMARTS) is 2. The number of aromatic carboxylic acids is 1. The quantitative estimate of drug-likeness (QED) is 0.173. The van der Waals surface area contributed by atoms with Crippen molar-refractivity contribution in [1.29, 1.82) is 0 Å². The number of benzene rings is 3. The number of nitrogens with zero attached hydrogens (tertiary/aromatic N) is 1. The van der Waals surface area contributed by atoms with E-state index in [0.29, 0.717) is 50.2 Å². The summed E-state index contributed by atoms with van der Waals surface area (Å²) in [4.78, 5) is 41.6. The first-order chi connectivity index (χ1) is 24.2. The Morgan fingerprint density at radius 2 is 1.75 bits per heavy atom. The van der Waals surface area contributed by atoms with Gasteiger partial charge in [0, 0.05) is 41.2 Å². The number of carbonyl (C=O) groups is 3. The molecule has 0 aromatic heterocycles. The number of fused-ring (bicyclic) bond motifs is 2. The Balaban J connectivity index is 1.59. The minimum absolute atomic E-state index is 0.00560. The number of amides is 1. The van der Waals surface area contributed by atoms with Crippen LogP contribution in [0.3, 0.4) is 0 Å². The predicted molar refractivity (Wildman–Crippen MR) is 196 cm³/mol. The molecule has 1 saturated carbocycles. The van der Waals surface area contributed by atoms with Crippen LogP contribution in [0.2, 0.25) is 10.0 Å². The van der Waals surface area contributed by atoms with Crippen molar-refractivity contribution in [2.75, 3.05) is 30.8 Å². The zero-order valence-corrected chi connectivity index (χ0v) is 30.7. The minimum atomic E-state index is -1.24. The molecule has 1 amide bonds. The van der Waals surface area contributed by atoms with Crippen molar-refractivity contribution in [2.24, 2.45) is 17.3 Å². The molecule has 4 N–H and O–H groups in total. The molecule has 3 aliphatic rings. The fourth-order valence-electron chi connectivity index (χ4n) is 8.86. The van der Waals surface area contributed by atoms with Crippen LogP contribution in [0.5, 0.6) is 5.75 Å². The summed E-state index contributed by atoms with van der Waals surface area (Å²) in [5.74, 6) is -4.19. The van der Waals surface area contributed by atoms with Crippen LogP contribution in [-0.2, 0) is 15.0 Å². The first-order valence-electron chi connectivity index (χ1n) is 17.3. The van der Waals surface area contributed by atoms with Gasteiger partial charge in [0.15, 0.2) is 0 Å². The molecule has 51 heavy (non-hydrogen) atoms. The maximum absolute atomic E-state index is 16.6. The summed E-state index contributed by atoms with van der Waals surface area (Å²) in [6.45, 7) is 7.22. The number of rotatable bonds is 9. The molecule has 3 aromatic rings. The van der Waals surface area contributed by atoms with Gasteiger partial charge in [0.05, 0.1) is 35.3 Å². The van der Waals surface area contributed by atoms with E-state index in [1.54, 1.807) is 24.3 Å². The molecular formula is C39H44Cl2FN3O6. The Bertz CT molecular complexity index is 1840.